The molecule has 0 radical (unpaired) electrons. The number of nitrogens with one attached hydrogen (secondary N) is 2. The van der Waals surface area contributed by atoms with Crippen molar-refractivity contribution in [3.05, 3.63) is 70.8 Å². The van der Waals surface area contributed by atoms with Gasteiger partial charge in [-0.1, -0.05) is 30.3 Å². The Hall–Kier alpha value is -2.31. The van der Waals surface area contributed by atoms with E-state index in [1.807, 2.05) is 0 Å². The van der Waals surface area contributed by atoms with Gasteiger partial charge in [0.05, 0.1) is 6.04 Å². The van der Waals surface area contributed by atoms with E-state index >= 15 is 0 Å². The maximum absolute atomic E-state index is 13.9. The Morgan fingerprint density at radius 1 is 1.14 bits per heavy atom. The molecule has 2 aromatic rings. The molecule has 0 unspecified atom stereocenters. The molecule has 0 spiro atoms. The molecule has 1 heterocycles. The van der Waals surface area contributed by atoms with Crippen LogP contribution < -0.4 is 10.6 Å². The zero-order chi connectivity index (χ0) is 19.7. The molecule has 148 valence electrons. The highest BCUT2D eigenvalue weighted by molar-refractivity contribution is 5.82. The summed E-state index contributed by atoms with van der Waals surface area (Å²) >= 11 is 0. The van der Waals surface area contributed by atoms with Crippen LogP contribution in [0.25, 0.3) is 0 Å². The highest BCUT2D eigenvalue weighted by Crippen LogP contribution is 2.31. The molecule has 1 aliphatic heterocycles. The summed E-state index contributed by atoms with van der Waals surface area (Å²) in [7, 11) is 1.67. The molecule has 1 aliphatic carbocycles. The first-order valence-electron chi connectivity index (χ1n) is 9.76. The summed E-state index contributed by atoms with van der Waals surface area (Å²) in [6.07, 6.45) is 2.57. The van der Waals surface area contributed by atoms with E-state index in [1.165, 1.54) is 23.3 Å². The number of rotatable bonds is 5. The standard InChI is InChI=1S/C22H25F2N3O/c1-25-22(28)21-11-18(26-12-16-6-7-17(23)10-20(16)24)13-27(21)19-8-14-4-2-3-5-15(14)9-19/h2-7,10,18-19,21,26H,8-9,11-13H2,1H3,(H,25,28)/t18-,21-/m0/s1. The predicted octanol–water partition coefficient (Wildman–Crippen LogP) is 2.41. The van der Waals surface area contributed by atoms with Crippen LogP contribution in [0.3, 0.4) is 0 Å². The molecule has 4 nitrogen and oxygen atoms in total. The van der Waals surface area contributed by atoms with Crippen LogP contribution in [0.2, 0.25) is 0 Å². The number of fused-ring (bicyclic) bond motifs is 1. The lowest BCUT2D eigenvalue weighted by atomic mass is 10.1. The monoisotopic (exact) mass is 385 g/mol. The van der Waals surface area contributed by atoms with Gasteiger partial charge >= 0.3 is 0 Å². The molecule has 2 atom stereocenters. The fraction of sp³-hybridized carbons (Fsp3) is 0.409. The average Bonchev–Trinajstić information content (AvgIpc) is 3.30. The largest absolute Gasteiger partial charge is 0.358 e. The lowest BCUT2D eigenvalue weighted by Gasteiger charge is -2.29. The van der Waals surface area contributed by atoms with E-state index < -0.39 is 11.6 Å². The van der Waals surface area contributed by atoms with Crippen molar-refractivity contribution in [1.82, 2.24) is 15.5 Å². The Morgan fingerprint density at radius 3 is 2.50 bits per heavy atom. The molecule has 4 rings (SSSR count). The lowest BCUT2D eigenvalue weighted by molar-refractivity contribution is -0.125. The van der Waals surface area contributed by atoms with E-state index in [9.17, 15) is 13.6 Å². The predicted molar refractivity (Wildman–Crippen MR) is 104 cm³/mol. The summed E-state index contributed by atoms with van der Waals surface area (Å²) in [6.45, 7) is 1.05. The third-order valence-electron chi connectivity index (χ3n) is 5.98. The van der Waals surface area contributed by atoms with Gasteiger partial charge in [-0.2, -0.15) is 0 Å². The van der Waals surface area contributed by atoms with E-state index in [1.54, 1.807) is 7.05 Å². The first-order valence-corrected chi connectivity index (χ1v) is 9.76. The number of hydrogen-bond acceptors (Lipinski definition) is 3. The van der Waals surface area contributed by atoms with Crippen molar-refractivity contribution in [1.29, 1.82) is 0 Å². The van der Waals surface area contributed by atoms with Crippen LogP contribution in [0.15, 0.2) is 42.5 Å². The van der Waals surface area contributed by atoms with Gasteiger partial charge in [-0.05, 0) is 36.5 Å². The van der Waals surface area contributed by atoms with Crippen LogP contribution in [0.5, 0.6) is 0 Å². The highest BCUT2D eigenvalue weighted by Gasteiger charge is 2.41. The normalized spacial score (nSPS) is 22.4. The number of nitrogens with zero attached hydrogens (tertiary/aromatic N) is 1. The van der Waals surface area contributed by atoms with Crippen LogP contribution in [0, 0.1) is 11.6 Å². The zero-order valence-electron chi connectivity index (χ0n) is 15.9. The van der Waals surface area contributed by atoms with E-state index in [4.69, 9.17) is 0 Å². The molecule has 28 heavy (non-hydrogen) atoms. The molecule has 2 aliphatic rings. The number of benzene rings is 2. The Balaban J connectivity index is 1.44. The summed E-state index contributed by atoms with van der Waals surface area (Å²) in [4.78, 5) is 14.8. The lowest BCUT2D eigenvalue weighted by Crippen LogP contribution is -2.47. The third-order valence-corrected chi connectivity index (χ3v) is 5.98. The number of hydrogen-bond donors (Lipinski definition) is 2. The molecule has 6 heteroatoms. The van der Waals surface area contributed by atoms with Crippen molar-refractivity contribution in [2.75, 3.05) is 13.6 Å². The molecule has 2 N–H and O–H groups in total. The first-order chi connectivity index (χ1) is 13.5. The van der Waals surface area contributed by atoms with Crippen LogP contribution in [-0.4, -0.2) is 42.5 Å². The van der Waals surface area contributed by atoms with E-state index in [-0.39, 0.29) is 18.0 Å². The highest BCUT2D eigenvalue weighted by atomic mass is 19.1. The second-order valence-corrected chi connectivity index (χ2v) is 7.71. The minimum Gasteiger partial charge on any atom is -0.358 e. The van der Waals surface area contributed by atoms with Crippen LogP contribution in [-0.2, 0) is 24.2 Å². The van der Waals surface area contributed by atoms with Gasteiger partial charge in [0.15, 0.2) is 0 Å². The Labute approximate surface area is 163 Å². The van der Waals surface area contributed by atoms with Gasteiger partial charge in [-0.25, -0.2) is 8.78 Å². The van der Waals surface area contributed by atoms with Gasteiger partial charge < -0.3 is 10.6 Å². The Kier molecular flexibility index (Phi) is 5.42. The molecule has 1 amide bonds. The minimum absolute atomic E-state index is 0.0215. The number of halogens is 2. The molecule has 0 bridgehead atoms. The van der Waals surface area contributed by atoms with E-state index in [0.717, 1.165) is 25.5 Å². The molecule has 1 saturated heterocycles. The van der Waals surface area contributed by atoms with Gasteiger partial charge in [-0.15, -0.1) is 0 Å². The fourth-order valence-electron chi connectivity index (χ4n) is 4.53. The fourth-order valence-corrected chi connectivity index (χ4v) is 4.53. The van der Waals surface area contributed by atoms with Crippen LogP contribution >= 0.6 is 0 Å². The van der Waals surface area contributed by atoms with E-state index in [2.05, 4.69) is 39.8 Å². The van der Waals surface area contributed by atoms with E-state index in [0.29, 0.717) is 24.6 Å². The second kappa shape index (κ2) is 7.97. The van der Waals surface area contributed by atoms with Crippen LogP contribution in [0.1, 0.15) is 23.1 Å². The molecule has 0 saturated carbocycles. The van der Waals surface area contributed by atoms with Crippen molar-refractivity contribution >= 4 is 5.91 Å². The molecule has 1 fully saturated rings. The van der Waals surface area contributed by atoms with Gasteiger partial charge in [0.1, 0.15) is 11.6 Å². The molecule has 0 aromatic heterocycles. The second-order valence-electron chi connectivity index (χ2n) is 7.71. The number of likely N-dealkylation sites (tertiary alicyclic amines) is 1. The molecule has 2 aromatic carbocycles. The van der Waals surface area contributed by atoms with Gasteiger partial charge in [0.2, 0.25) is 5.91 Å². The Morgan fingerprint density at radius 2 is 1.86 bits per heavy atom. The van der Waals surface area contributed by atoms with Crippen molar-refractivity contribution in [3.63, 3.8) is 0 Å². The van der Waals surface area contributed by atoms with Crippen molar-refractivity contribution in [2.45, 2.75) is 43.9 Å². The minimum atomic E-state index is -0.575. The Bertz CT molecular complexity index is 848. The quantitative estimate of drug-likeness (QED) is 0.831. The smallest absolute Gasteiger partial charge is 0.237 e. The van der Waals surface area contributed by atoms with Gasteiger partial charge in [-0.3, -0.25) is 9.69 Å². The number of carbonyl (C=O) groups is 1. The summed E-state index contributed by atoms with van der Waals surface area (Å²) in [5, 5.41) is 6.14. The first kappa shape index (κ1) is 19.0. The number of likely N-dealkylation sites (N-methyl/N-ethyl adjacent to an activating group) is 1. The van der Waals surface area contributed by atoms with Crippen molar-refractivity contribution in [2.24, 2.45) is 0 Å². The van der Waals surface area contributed by atoms with Gasteiger partial charge in [0, 0.05) is 43.9 Å². The summed E-state index contributed by atoms with van der Waals surface area (Å²) in [6, 6.07) is 12.3. The van der Waals surface area contributed by atoms with Crippen molar-refractivity contribution in [3.8, 4) is 0 Å². The number of carbonyl (C=O) groups excluding carboxylic acids is 1. The average molecular weight is 385 g/mol. The molecular weight excluding hydrogens is 360 g/mol. The van der Waals surface area contributed by atoms with Crippen molar-refractivity contribution < 1.29 is 13.6 Å². The van der Waals surface area contributed by atoms with Crippen LogP contribution in [0.4, 0.5) is 8.78 Å². The topological polar surface area (TPSA) is 44.4 Å². The number of amides is 1. The summed E-state index contributed by atoms with van der Waals surface area (Å²) < 4.78 is 27.0. The third kappa shape index (κ3) is 3.80. The maximum atomic E-state index is 13.9. The van der Waals surface area contributed by atoms with Gasteiger partial charge in [0.25, 0.3) is 0 Å². The molecular formula is C22H25F2N3O. The summed E-state index contributed by atoms with van der Waals surface area (Å²) in [5.74, 6) is -1.10. The SMILES string of the molecule is CNC(=O)[C@@H]1C[C@H](NCc2ccc(F)cc2F)CN1C1Cc2ccccc2C1. The zero-order valence-corrected chi connectivity index (χ0v) is 15.9. The summed E-state index contributed by atoms with van der Waals surface area (Å²) in [5.41, 5.74) is 3.14. The maximum Gasteiger partial charge on any atom is 0.237 e.